The number of aromatic nitrogens is 1. The molecule has 2 unspecified atom stereocenters. The molecule has 0 radical (unpaired) electrons. The molecule has 12 heteroatoms. The molecule has 3 aromatic rings. The van der Waals surface area contributed by atoms with Crippen molar-refractivity contribution in [3.8, 4) is 0 Å². The number of aryl methyl sites for hydroxylation is 1. The van der Waals surface area contributed by atoms with E-state index in [1.807, 2.05) is 49.4 Å². The number of carbonyl (C=O) groups excluding carboxylic acids is 2. The summed E-state index contributed by atoms with van der Waals surface area (Å²) in [5.74, 6) is -1.18. The van der Waals surface area contributed by atoms with Crippen molar-refractivity contribution >= 4 is 47.0 Å². The predicted molar refractivity (Wildman–Crippen MR) is 151 cm³/mol. The molecule has 0 spiro atoms. The Bertz CT molecular complexity index is 1270. The second kappa shape index (κ2) is 15.7. The van der Waals surface area contributed by atoms with Gasteiger partial charge in [0.1, 0.15) is 18.5 Å². The lowest BCUT2D eigenvalue weighted by molar-refractivity contribution is -0.138. The van der Waals surface area contributed by atoms with Crippen molar-refractivity contribution < 1.29 is 29.0 Å². The number of nitrogens with one attached hydrogen (secondary N) is 3. The minimum absolute atomic E-state index is 0.00329. The van der Waals surface area contributed by atoms with Gasteiger partial charge in [-0.3, -0.25) is 9.59 Å². The predicted octanol–water partition coefficient (Wildman–Crippen LogP) is 4.75. The highest BCUT2D eigenvalue weighted by Gasteiger charge is 2.26. The highest BCUT2D eigenvalue weighted by Crippen LogP contribution is 2.25. The van der Waals surface area contributed by atoms with E-state index in [4.69, 9.17) is 32.7 Å². The van der Waals surface area contributed by atoms with Gasteiger partial charge in [-0.1, -0.05) is 59.6 Å². The van der Waals surface area contributed by atoms with E-state index in [0.717, 1.165) is 11.3 Å². The third-order valence-corrected chi connectivity index (χ3v) is 5.95. The number of hydrogen-bond acceptors (Lipinski definition) is 7. The van der Waals surface area contributed by atoms with Gasteiger partial charge >= 0.3 is 12.1 Å². The summed E-state index contributed by atoms with van der Waals surface area (Å²) in [6.45, 7) is 2.15. The Hall–Kier alpha value is -3.86. The van der Waals surface area contributed by atoms with Gasteiger partial charge < -0.3 is 30.5 Å². The molecule has 0 aliphatic carbocycles. The fourth-order valence-electron chi connectivity index (χ4n) is 3.68. The van der Waals surface area contributed by atoms with E-state index >= 15 is 0 Å². The van der Waals surface area contributed by atoms with Crippen LogP contribution in [0.3, 0.4) is 0 Å². The Kier molecular flexibility index (Phi) is 12.0. The molecule has 4 N–H and O–H groups in total. The second-order valence-corrected chi connectivity index (χ2v) is 9.66. The smallest absolute Gasteiger partial charge is 0.407 e. The first-order valence-electron chi connectivity index (χ1n) is 12.4. The summed E-state index contributed by atoms with van der Waals surface area (Å²) < 4.78 is 10.9. The van der Waals surface area contributed by atoms with Crippen molar-refractivity contribution in [2.75, 3.05) is 25.1 Å². The van der Waals surface area contributed by atoms with Crippen LogP contribution in [0.4, 0.5) is 10.6 Å². The molecule has 1 heterocycles. The van der Waals surface area contributed by atoms with Crippen LogP contribution in [-0.2, 0) is 25.7 Å². The first-order chi connectivity index (χ1) is 19.2. The van der Waals surface area contributed by atoms with Crippen LogP contribution in [0.1, 0.15) is 29.3 Å². The molecule has 3 rings (SSSR count). The number of halogens is 2. The Labute approximate surface area is 242 Å². The Morgan fingerprint density at radius 3 is 2.38 bits per heavy atom. The fraction of sp³-hybridized carbons (Fsp3) is 0.286. The van der Waals surface area contributed by atoms with Crippen molar-refractivity contribution in [1.82, 2.24) is 15.6 Å². The monoisotopic (exact) mass is 588 g/mol. The Morgan fingerprint density at radius 2 is 1.70 bits per heavy atom. The van der Waals surface area contributed by atoms with Gasteiger partial charge in [0, 0.05) is 15.7 Å². The molecular weight excluding hydrogens is 559 g/mol. The topological polar surface area (TPSA) is 139 Å². The molecule has 10 nitrogen and oxygen atoms in total. The summed E-state index contributed by atoms with van der Waals surface area (Å²) in [6.07, 6.45) is -1.29. The number of alkyl carbamates (subject to hydrolysis) is 1. The maximum absolute atomic E-state index is 13.3. The first kappa shape index (κ1) is 30.7. The molecular formula is C28H30Cl2N4O6. The maximum atomic E-state index is 13.3. The van der Waals surface area contributed by atoms with Gasteiger partial charge in [-0.15, -0.1) is 0 Å². The maximum Gasteiger partial charge on any atom is 0.407 e. The number of ether oxygens (including phenoxy) is 2. The quantitative estimate of drug-likeness (QED) is 0.198. The molecule has 0 saturated heterocycles. The molecule has 2 amide bonds. The van der Waals surface area contributed by atoms with Crippen LogP contribution in [0.25, 0.3) is 0 Å². The lowest BCUT2D eigenvalue weighted by atomic mass is 10.0. The van der Waals surface area contributed by atoms with Crippen molar-refractivity contribution in [3.05, 3.63) is 93.6 Å². The van der Waals surface area contributed by atoms with Crippen LogP contribution in [0.5, 0.6) is 0 Å². The number of nitrogens with zero attached hydrogens (tertiary/aromatic N) is 1. The third-order valence-electron chi connectivity index (χ3n) is 5.52. The summed E-state index contributed by atoms with van der Waals surface area (Å²) >= 11 is 12.2. The number of benzene rings is 2. The average Bonchev–Trinajstić information content (AvgIpc) is 2.90. The van der Waals surface area contributed by atoms with Crippen LogP contribution in [0.15, 0.2) is 66.7 Å². The zero-order chi connectivity index (χ0) is 28.9. The number of hydrogen-bond donors (Lipinski definition) is 4. The molecule has 1 aromatic heterocycles. The molecule has 0 fully saturated rings. The minimum atomic E-state index is -1.19. The number of carbonyl (C=O) groups is 3. The van der Waals surface area contributed by atoms with E-state index in [-0.39, 0.29) is 29.9 Å². The summed E-state index contributed by atoms with van der Waals surface area (Å²) in [5.41, 5.74) is 2.11. The number of anilines is 1. The van der Waals surface area contributed by atoms with E-state index < -0.39 is 36.5 Å². The largest absolute Gasteiger partial charge is 0.481 e. The van der Waals surface area contributed by atoms with Crippen molar-refractivity contribution in [3.63, 3.8) is 0 Å². The highest BCUT2D eigenvalue weighted by atomic mass is 35.5. The van der Waals surface area contributed by atoms with Crippen molar-refractivity contribution in [2.24, 2.45) is 0 Å². The van der Waals surface area contributed by atoms with Crippen LogP contribution >= 0.6 is 23.2 Å². The van der Waals surface area contributed by atoms with E-state index in [1.54, 1.807) is 6.07 Å². The number of carboxylic acids is 1. The number of aliphatic carboxylic acids is 1. The molecule has 0 aliphatic heterocycles. The minimum Gasteiger partial charge on any atom is -0.481 e. The highest BCUT2D eigenvalue weighted by molar-refractivity contribution is 6.34. The van der Waals surface area contributed by atoms with Crippen LogP contribution in [0, 0.1) is 6.92 Å². The summed E-state index contributed by atoms with van der Waals surface area (Å²) in [4.78, 5) is 41.6. The zero-order valence-corrected chi connectivity index (χ0v) is 23.2. The molecule has 40 heavy (non-hydrogen) atoms. The molecule has 212 valence electrons. The fourth-order valence-corrected chi connectivity index (χ4v) is 4.22. The van der Waals surface area contributed by atoms with Gasteiger partial charge in [0.05, 0.1) is 32.2 Å². The molecule has 0 bridgehead atoms. The number of amides is 2. The first-order valence-corrected chi connectivity index (χ1v) is 13.2. The SMILES string of the molecule is Cc1cccc(NCCOC(=O)NC(COCc2ccccc2)C(=O)NC(CC(=O)O)c2cc(Cl)cc(Cl)c2)n1. The second-order valence-electron chi connectivity index (χ2n) is 8.79. The normalized spacial score (nSPS) is 12.2. The van der Waals surface area contributed by atoms with Gasteiger partial charge in [-0.2, -0.15) is 0 Å². The Morgan fingerprint density at radius 1 is 0.975 bits per heavy atom. The van der Waals surface area contributed by atoms with Crippen LogP contribution < -0.4 is 16.0 Å². The Balaban J connectivity index is 1.64. The summed E-state index contributed by atoms with van der Waals surface area (Å²) in [5, 5.41) is 18.2. The van der Waals surface area contributed by atoms with Gasteiger partial charge in [-0.25, -0.2) is 9.78 Å². The van der Waals surface area contributed by atoms with E-state index in [1.165, 1.54) is 18.2 Å². The zero-order valence-electron chi connectivity index (χ0n) is 21.7. The number of carboxylic acid groups (broad SMARTS) is 1. The van der Waals surface area contributed by atoms with E-state index in [9.17, 15) is 19.5 Å². The molecule has 2 atom stereocenters. The molecule has 0 aliphatic rings. The molecule has 2 aromatic carbocycles. The lowest BCUT2D eigenvalue weighted by Crippen LogP contribution is -2.50. The van der Waals surface area contributed by atoms with Gasteiger partial charge in [0.25, 0.3) is 0 Å². The van der Waals surface area contributed by atoms with E-state index in [2.05, 4.69) is 20.9 Å². The summed E-state index contributed by atoms with van der Waals surface area (Å²) in [7, 11) is 0. The van der Waals surface area contributed by atoms with Crippen LogP contribution in [0.2, 0.25) is 10.0 Å². The number of rotatable bonds is 14. The van der Waals surface area contributed by atoms with Gasteiger partial charge in [0.2, 0.25) is 5.91 Å². The van der Waals surface area contributed by atoms with Crippen molar-refractivity contribution in [2.45, 2.75) is 32.0 Å². The average molecular weight is 589 g/mol. The number of pyridine rings is 1. The van der Waals surface area contributed by atoms with Crippen molar-refractivity contribution in [1.29, 1.82) is 0 Å². The van der Waals surface area contributed by atoms with Gasteiger partial charge in [0.15, 0.2) is 0 Å². The van der Waals surface area contributed by atoms with E-state index in [0.29, 0.717) is 17.9 Å². The third kappa shape index (κ3) is 10.7. The van der Waals surface area contributed by atoms with Gasteiger partial charge in [-0.05, 0) is 48.4 Å². The lowest BCUT2D eigenvalue weighted by Gasteiger charge is -2.23. The molecule has 0 saturated carbocycles. The standard InChI is InChI=1S/C28H30Cl2N4O6/c1-18-6-5-9-25(32-18)31-10-11-40-28(38)34-24(17-39-16-19-7-3-2-4-8-19)27(37)33-23(15-26(35)36)20-12-21(29)14-22(30)13-20/h2-9,12-14,23-24H,10-11,15-17H2,1H3,(H,31,32)(H,33,37)(H,34,38)(H,35,36). The van der Waals surface area contributed by atoms with Crippen LogP contribution in [-0.4, -0.2) is 53.9 Å². The summed E-state index contributed by atoms with van der Waals surface area (Å²) in [6, 6.07) is 17.2.